The van der Waals surface area contributed by atoms with Crippen LogP contribution in [0, 0.1) is 6.92 Å². The van der Waals surface area contributed by atoms with Gasteiger partial charge in [-0.3, -0.25) is 14.5 Å². The minimum absolute atomic E-state index is 0.00939. The predicted octanol–water partition coefficient (Wildman–Crippen LogP) is -0.669. The molecule has 0 bridgehead atoms. The van der Waals surface area contributed by atoms with E-state index in [2.05, 4.69) is 20.6 Å². The van der Waals surface area contributed by atoms with Crippen molar-refractivity contribution >= 4 is 17.8 Å². The van der Waals surface area contributed by atoms with Gasteiger partial charge in [-0.25, -0.2) is 9.97 Å². The summed E-state index contributed by atoms with van der Waals surface area (Å²) in [4.78, 5) is 36.1. The Hall–Kier alpha value is -2.22. The first-order valence-corrected chi connectivity index (χ1v) is 7.29. The van der Waals surface area contributed by atoms with Crippen molar-refractivity contribution < 1.29 is 9.59 Å². The zero-order chi connectivity index (χ0) is 16.1. The van der Waals surface area contributed by atoms with Crippen molar-refractivity contribution in [2.75, 3.05) is 52.1 Å². The Labute approximate surface area is 129 Å². The average molecular weight is 306 g/mol. The van der Waals surface area contributed by atoms with Crippen LogP contribution >= 0.6 is 0 Å². The monoisotopic (exact) mass is 306 g/mol. The third kappa shape index (κ3) is 3.91. The first-order valence-electron chi connectivity index (χ1n) is 7.29. The molecule has 8 nitrogen and oxygen atoms in total. The fraction of sp³-hybridized carbons (Fsp3) is 0.571. The molecule has 0 saturated carbocycles. The van der Waals surface area contributed by atoms with E-state index in [9.17, 15) is 9.59 Å². The lowest BCUT2D eigenvalue weighted by molar-refractivity contribution is -0.122. The van der Waals surface area contributed by atoms with E-state index >= 15 is 0 Å². The highest BCUT2D eigenvalue weighted by molar-refractivity contribution is 5.92. The van der Waals surface area contributed by atoms with Gasteiger partial charge in [0, 0.05) is 46.0 Å². The van der Waals surface area contributed by atoms with Gasteiger partial charge in [-0.2, -0.15) is 0 Å². The van der Waals surface area contributed by atoms with E-state index in [1.165, 1.54) is 0 Å². The molecule has 1 fully saturated rings. The Morgan fingerprint density at radius 3 is 2.45 bits per heavy atom. The van der Waals surface area contributed by atoms with Gasteiger partial charge in [0.2, 0.25) is 11.9 Å². The van der Waals surface area contributed by atoms with Gasteiger partial charge in [0.15, 0.2) is 0 Å². The molecular formula is C14H22N6O2. The number of piperazine rings is 1. The van der Waals surface area contributed by atoms with Crippen LogP contribution in [0.1, 0.15) is 16.2 Å². The number of amides is 2. The molecule has 1 saturated heterocycles. The first-order chi connectivity index (χ1) is 10.5. The van der Waals surface area contributed by atoms with Gasteiger partial charge in [0.1, 0.15) is 5.69 Å². The van der Waals surface area contributed by atoms with Crippen molar-refractivity contribution in [1.82, 2.24) is 25.1 Å². The number of hydrogen-bond donors (Lipinski definition) is 2. The van der Waals surface area contributed by atoms with Crippen molar-refractivity contribution in [3.63, 3.8) is 0 Å². The number of aromatic nitrogens is 2. The van der Waals surface area contributed by atoms with E-state index in [-0.39, 0.29) is 11.8 Å². The quantitative estimate of drug-likeness (QED) is 0.767. The first kappa shape index (κ1) is 16.2. The van der Waals surface area contributed by atoms with Crippen LogP contribution in [0.2, 0.25) is 0 Å². The molecule has 2 heterocycles. The molecule has 0 aromatic carbocycles. The fourth-order valence-corrected chi connectivity index (χ4v) is 2.34. The van der Waals surface area contributed by atoms with Gasteiger partial charge in [-0.15, -0.1) is 0 Å². The van der Waals surface area contributed by atoms with E-state index < -0.39 is 0 Å². The highest BCUT2D eigenvalue weighted by Gasteiger charge is 2.24. The Morgan fingerprint density at radius 1 is 1.18 bits per heavy atom. The summed E-state index contributed by atoms with van der Waals surface area (Å²) >= 11 is 0. The normalized spacial score (nSPS) is 15.5. The van der Waals surface area contributed by atoms with Gasteiger partial charge < -0.3 is 15.5 Å². The summed E-state index contributed by atoms with van der Waals surface area (Å²) in [6, 6.07) is 1.69. The number of nitrogens with one attached hydrogen (secondary N) is 2. The molecule has 8 heteroatoms. The molecule has 2 N–H and O–H groups in total. The van der Waals surface area contributed by atoms with Crippen molar-refractivity contribution in [2.45, 2.75) is 6.92 Å². The number of rotatable bonds is 4. The highest BCUT2D eigenvalue weighted by atomic mass is 16.2. The molecule has 1 aliphatic rings. The predicted molar refractivity (Wildman–Crippen MR) is 82.7 cm³/mol. The van der Waals surface area contributed by atoms with Crippen LogP contribution in [-0.4, -0.2) is 78.4 Å². The molecule has 2 rings (SSSR count). The number of carbonyl (C=O) groups excluding carboxylic acids is 2. The van der Waals surface area contributed by atoms with Crippen molar-refractivity contribution in [3.05, 3.63) is 17.5 Å². The summed E-state index contributed by atoms with van der Waals surface area (Å²) in [7, 11) is 3.35. The summed E-state index contributed by atoms with van der Waals surface area (Å²) in [6.07, 6.45) is 0. The molecule has 2 amide bonds. The number of nitrogens with zero attached hydrogens (tertiary/aromatic N) is 4. The molecule has 0 spiro atoms. The molecule has 120 valence electrons. The fourth-order valence-electron chi connectivity index (χ4n) is 2.34. The standard InChI is InChI=1S/C14H22N6O2/c1-10-8-11(18-14(16-3)17-10)13(22)20-6-4-19(5-7-20)9-12(21)15-2/h8H,4-7,9H2,1-3H3,(H,15,21)(H,16,17,18). The Bertz CT molecular complexity index is 554. The van der Waals surface area contributed by atoms with Gasteiger partial charge in [-0.05, 0) is 13.0 Å². The third-order valence-corrected chi connectivity index (χ3v) is 3.60. The second kappa shape index (κ2) is 7.17. The smallest absolute Gasteiger partial charge is 0.272 e. The maximum atomic E-state index is 12.5. The van der Waals surface area contributed by atoms with Crippen molar-refractivity contribution in [2.24, 2.45) is 0 Å². The number of hydrogen-bond acceptors (Lipinski definition) is 6. The van der Waals surface area contributed by atoms with Crippen LogP contribution in [0.3, 0.4) is 0 Å². The van der Waals surface area contributed by atoms with Gasteiger partial charge >= 0.3 is 0 Å². The molecule has 0 radical (unpaired) electrons. The van der Waals surface area contributed by atoms with Crippen molar-refractivity contribution in [3.8, 4) is 0 Å². The maximum absolute atomic E-state index is 12.5. The molecule has 22 heavy (non-hydrogen) atoms. The van der Waals surface area contributed by atoms with Crippen LogP contribution in [0.5, 0.6) is 0 Å². The van der Waals surface area contributed by atoms with E-state index in [4.69, 9.17) is 0 Å². The number of carbonyl (C=O) groups is 2. The second-order valence-corrected chi connectivity index (χ2v) is 5.21. The van der Waals surface area contributed by atoms with E-state index in [1.54, 1.807) is 25.1 Å². The van der Waals surface area contributed by atoms with Crippen LogP contribution in [0.4, 0.5) is 5.95 Å². The summed E-state index contributed by atoms with van der Waals surface area (Å²) in [5.41, 5.74) is 1.15. The zero-order valence-electron chi connectivity index (χ0n) is 13.2. The average Bonchev–Trinajstić information content (AvgIpc) is 2.54. The Morgan fingerprint density at radius 2 is 1.86 bits per heavy atom. The minimum Gasteiger partial charge on any atom is -0.358 e. The topological polar surface area (TPSA) is 90.5 Å². The number of likely N-dealkylation sites (N-methyl/N-ethyl adjacent to an activating group) is 1. The zero-order valence-corrected chi connectivity index (χ0v) is 13.2. The molecule has 1 aliphatic heterocycles. The molecule has 1 aromatic rings. The molecule has 0 aliphatic carbocycles. The van der Waals surface area contributed by atoms with E-state index in [0.29, 0.717) is 44.4 Å². The van der Waals surface area contributed by atoms with Crippen LogP contribution < -0.4 is 10.6 Å². The minimum atomic E-state index is -0.0957. The van der Waals surface area contributed by atoms with E-state index in [1.807, 2.05) is 11.8 Å². The van der Waals surface area contributed by atoms with Gasteiger partial charge in [0.25, 0.3) is 5.91 Å². The van der Waals surface area contributed by atoms with Crippen molar-refractivity contribution in [1.29, 1.82) is 0 Å². The highest BCUT2D eigenvalue weighted by Crippen LogP contribution is 2.10. The van der Waals surface area contributed by atoms with Gasteiger partial charge in [0.05, 0.1) is 6.54 Å². The van der Waals surface area contributed by atoms with Crippen LogP contribution in [0.25, 0.3) is 0 Å². The largest absolute Gasteiger partial charge is 0.358 e. The summed E-state index contributed by atoms with van der Waals surface area (Å²) < 4.78 is 0. The summed E-state index contributed by atoms with van der Waals surface area (Å²) in [6.45, 7) is 4.75. The Kier molecular flexibility index (Phi) is 5.26. The Balaban J connectivity index is 1.98. The third-order valence-electron chi connectivity index (χ3n) is 3.60. The molecule has 0 unspecified atom stereocenters. The van der Waals surface area contributed by atoms with Gasteiger partial charge in [-0.1, -0.05) is 0 Å². The summed E-state index contributed by atoms with van der Waals surface area (Å²) in [5, 5.41) is 5.46. The lowest BCUT2D eigenvalue weighted by Gasteiger charge is -2.34. The molecule has 0 atom stereocenters. The lowest BCUT2D eigenvalue weighted by Crippen LogP contribution is -2.51. The van der Waals surface area contributed by atoms with Crippen LogP contribution in [-0.2, 0) is 4.79 Å². The number of aryl methyl sites for hydroxylation is 1. The molecular weight excluding hydrogens is 284 g/mol. The second-order valence-electron chi connectivity index (χ2n) is 5.21. The maximum Gasteiger partial charge on any atom is 0.272 e. The van der Waals surface area contributed by atoms with Crippen LogP contribution in [0.15, 0.2) is 6.07 Å². The summed E-state index contributed by atoms with van der Waals surface area (Å²) in [5.74, 6) is 0.341. The lowest BCUT2D eigenvalue weighted by atomic mass is 10.2. The molecule has 1 aromatic heterocycles. The SMILES string of the molecule is CNC(=O)CN1CCN(C(=O)c2cc(C)nc(NC)n2)CC1. The number of anilines is 1. The van der Waals surface area contributed by atoms with E-state index in [0.717, 1.165) is 5.69 Å².